The molecule has 37 heavy (non-hydrogen) atoms. The summed E-state index contributed by atoms with van der Waals surface area (Å²) in [4.78, 5) is 37.2. The van der Waals surface area contributed by atoms with Crippen LogP contribution in [-0.4, -0.2) is 87.9 Å². The van der Waals surface area contributed by atoms with Crippen LogP contribution in [0.1, 0.15) is 0 Å². The fourth-order valence-electron chi connectivity index (χ4n) is 3.41. The maximum absolute atomic E-state index is 12.8. The molecule has 0 unspecified atom stereocenters. The number of amides is 1. The minimum atomic E-state index is -1.55. The zero-order valence-corrected chi connectivity index (χ0v) is 19.9. The molecule has 14 nitrogen and oxygen atoms in total. The highest BCUT2D eigenvalue weighted by Gasteiger charge is 2.53. The number of hydrogen-bond acceptors (Lipinski definition) is 13. The predicted molar refractivity (Wildman–Crippen MR) is 122 cm³/mol. The monoisotopic (exact) mass is 525 g/mol. The van der Waals surface area contributed by atoms with Crippen molar-refractivity contribution in [3.63, 3.8) is 0 Å². The van der Waals surface area contributed by atoms with E-state index in [4.69, 9.17) is 42.6 Å². The van der Waals surface area contributed by atoms with Gasteiger partial charge in [0.25, 0.3) is 0 Å². The third-order valence-electron chi connectivity index (χ3n) is 4.97. The second-order valence-electron chi connectivity index (χ2n) is 7.39. The molecule has 1 aromatic carbocycles. The number of anilines is 1. The van der Waals surface area contributed by atoms with Gasteiger partial charge in [0.15, 0.2) is 36.1 Å². The van der Waals surface area contributed by atoms with Crippen molar-refractivity contribution in [1.29, 1.82) is 0 Å². The van der Waals surface area contributed by atoms with Crippen molar-refractivity contribution in [2.75, 3.05) is 39.0 Å². The highest BCUT2D eigenvalue weighted by atomic mass is 16.8. The molecular weight excluding hydrogens is 498 g/mol. The predicted octanol–water partition coefficient (Wildman–Crippen LogP) is 2.11. The lowest BCUT2D eigenvalue weighted by molar-refractivity contribution is -0.295. The Labute approximate surface area is 211 Å². The number of aliphatic hydroxyl groups excluding tert-OH is 1. The fourth-order valence-corrected chi connectivity index (χ4v) is 3.41. The van der Waals surface area contributed by atoms with Gasteiger partial charge in [-0.2, -0.15) is 0 Å². The van der Waals surface area contributed by atoms with Crippen molar-refractivity contribution >= 4 is 24.1 Å². The Morgan fingerprint density at radius 2 is 1.65 bits per heavy atom. The molecule has 2 aliphatic heterocycles. The molecule has 3 rings (SSSR count). The first-order chi connectivity index (χ1) is 17.9. The summed E-state index contributed by atoms with van der Waals surface area (Å²) >= 11 is 0. The van der Waals surface area contributed by atoms with E-state index in [9.17, 15) is 19.5 Å². The summed E-state index contributed by atoms with van der Waals surface area (Å²) in [6, 6.07) is 4.63. The molecule has 2 N–H and O–H groups in total. The van der Waals surface area contributed by atoms with Gasteiger partial charge in [0.1, 0.15) is 19.3 Å². The van der Waals surface area contributed by atoms with Gasteiger partial charge in [-0.1, -0.05) is 25.3 Å². The van der Waals surface area contributed by atoms with Gasteiger partial charge in [0.05, 0.1) is 6.61 Å². The van der Waals surface area contributed by atoms with Crippen LogP contribution in [0.2, 0.25) is 0 Å². The molecule has 1 aromatic rings. The summed E-state index contributed by atoms with van der Waals surface area (Å²) in [5.41, 5.74) is 0.296. The number of rotatable bonds is 10. The van der Waals surface area contributed by atoms with E-state index < -0.39 is 55.7 Å². The zero-order chi connectivity index (χ0) is 26.8. The summed E-state index contributed by atoms with van der Waals surface area (Å²) in [6.45, 7) is 5.86. The molecule has 1 fully saturated rings. The van der Waals surface area contributed by atoms with E-state index in [1.54, 1.807) is 12.1 Å². The average Bonchev–Trinajstić information content (AvgIpc) is 3.36. The lowest BCUT2D eigenvalue weighted by Gasteiger charge is -2.43. The van der Waals surface area contributed by atoms with Crippen molar-refractivity contribution in [3.8, 4) is 11.5 Å². The minimum absolute atomic E-state index is 0.0408. The largest absolute Gasteiger partial charge is 0.509 e. The summed E-state index contributed by atoms with van der Waals surface area (Å²) in [5, 5.41) is 12.4. The van der Waals surface area contributed by atoms with E-state index >= 15 is 0 Å². The standard InChI is InChI=1S/C23H27NO13/c1-4-8-30-22(27)36-18-17(35-21(26)24-13-6-7-14-15(10-13)33-12-32-14)16(11-25)34-20(29-3)19(18)37-23(28)31-9-5-2/h4-7,10,16-20,25H,1-2,8-9,11-12H2,3H3,(H,24,26)/t16-,17-,18+,19+,20+/m1/s1. The molecule has 2 heterocycles. The maximum Gasteiger partial charge on any atom is 0.509 e. The Balaban J connectivity index is 1.82. The molecule has 0 spiro atoms. The van der Waals surface area contributed by atoms with Crippen molar-refractivity contribution in [3.05, 3.63) is 43.5 Å². The quantitative estimate of drug-likeness (QED) is 0.259. The van der Waals surface area contributed by atoms with Crippen LogP contribution in [0.15, 0.2) is 43.5 Å². The molecule has 202 valence electrons. The summed E-state index contributed by atoms with van der Waals surface area (Å²) < 4.78 is 47.0. The normalized spacial score (nSPS) is 23.8. The van der Waals surface area contributed by atoms with Crippen molar-refractivity contribution in [1.82, 2.24) is 0 Å². The first-order valence-corrected chi connectivity index (χ1v) is 10.9. The Hall–Kier alpha value is -4.01. The van der Waals surface area contributed by atoms with Crippen LogP contribution >= 0.6 is 0 Å². The second kappa shape index (κ2) is 13.3. The molecule has 0 bridgehead atoms. The highest BCUT2D eigenvalue weighted by Crippen LogP contribution is 2.34. The van der Waals surface area contributed by atoms with Crippen molar-refractivity contribution < 1.29 is 62.1 Å². The van der Waals surface area contributed by atoms with Crippen LogP contribution in [0.25, 0.3) is 0 Å². The van der Waals surface area contributed by atoms with Crippen LogP contribution in [0.4, 0.5) is 20.1 Å². The fraction of sp³-hybridized carbons (Fsp3) is 0.435. The first-order valence-electron chi connectivity index (χ1n) is 10.9. The lowest BCUT2D eigenvalue weighted by Crippen LogP contribution is -2.63. The van der Waals surface area contributed by atoms with Crippen LogP contribution in [0.5, 0.6) is 11.5 Å². The van der Waals surface area contributed by atoms with Gasteiger partial charge in [-0.25, -0.2) is 14.4 Å². The van der Waals surface area contributed by atoms with Crippen LogP contribution in [-0.2, 0) is 33.2 Å². The molecule has 0 radical (unpaired) electrons. The zero-order valence-electron chi connectivity index (χ0n) is 19.9. The third-order valence-corrected chi connectivity index (χ3v) is 4.97. The van der Waals surface area contributed by atoms with Crippen LogP contribution in [0.3, 0.4) is 0 Å². The van der Waals surface area contributed by atoms with Gasteiger partial charge >= 0.3 is 18.4 Å². The molecule has 0 aromatic heterocycles. The van der Waals surface area contributed by atoms with Crippen LogP contribution in [0, 0.1) is 0 Å². The van der Waals surface area contributed by atoms with Crippen molar-refractivity contribution in [2.24, 2.45) is 0 Å². The topological polar surface area (TPSA) is 167 Å². The Morgan fingerprint density at radius 1 is 1.00 bits per heavy atom. The molecule has 5 atom stereocenters. The Kier molecular flexibility index (Phi) is 9.94. The molecule has 0 saturated carbocycles. The van der Waals surface area contributed by atoms with Gasteiger partial charge < -0.3 is 47.7 Å². The Morgan fingerprint density at radius 3 is 2.27 bits per heavy atom. The molecular formula is C23H27NO13. The smallest absolute Gasteiger partial charge is 0.454 e. The molecule has 1 amide bonds. The molecule has 1 saturated heterocycles. The summed E-state index contributed by atoms with van der Waals surface area (Å²) in [7, 11) is 1.23. The van der Waals surface area contributed by atoms with E-state index in [2.05, 4.69) is 18.5 Å². The number of methoxy groups -OCH3 is 1. The minimum Gasteiger partial charge on any atom is -0.454 e. The highest BCUT2D eigenvalue weighted by molar-refractivity contribution is 5.85. The number of fused-ring (bicyclic) bond motifs is 1. The lowest BCUT2D eigenvalue weighted by atomic mass is 9.98. The van der Waals surface area contributed by atoms with E-state index in [0.29, 0.717) is 17.2 Å². The van der Waals surface area contributed by atoms with Gasteiger partial charge in [0, 0.05) is 18.9 Å². The van der Waals surface area contributed by atoms with Gasteiger partial charge in [-0.15, -0.1) is 0 Å². The van der Waals surface area contributed by atoms with Gasteiger partial charge in [-0.05, 0) is 12.1 Å². The number of ether oxygens (including phenoxy) is 9. The van der Waals surface area contributed by atoms with E-state index in [-0.39, 0.29) is 20.0 Å². The number of carbonyl (C=O) groups is 3. The molecule has 0 aliphatic carbocycles. The summed E-state index contributed by atoms with van der Waals surface area (Å²) in [6.07, 6.45) is -7.91. The third kappa shape index (κ3) is 7.25. The molecule has 14 heteroatoms. The van der Waals surface area contributed by atoms with Crippen molar-refractivity contribution in [2.45, 2.75) is 30.7 Å². The Bertz CT molecular complexity index is 983. The first kappa shape index (κ1) is 27.6. The second-order valence-corrected chi connectivity index (χ2v) is 7.39. The van der Waals surface area contributed by atoms with Gasteiger partial charge in [-0.3, -0.25) is 5.32 Å². The number of benzene rings is 1. The number of aliphatic hydroxyl groups is 1. The van der Waals surface area contributed by atoms with E-state index in [1.165, 1.54) is 25.3 Å². The number of nitrogens with one attached hydrogen (secondary N) is 1. The number of hydrogen-bond donors (Lipinski definition) is 2. The van der Waals surface area contributed by atoms with Crippen LogP contribution < -0.4 is 14.8 Å². The average molecular weight is 525 g/mol. The SMILES string of the molecule is C=CCOC(=O)O[C@@H]1[C@H](OC(=O)OCC=C)[C@@H](OC)O[C@H](CO)[C@H]1OC(=O)Nc1ccc2c(c1)OCO2. The van der Waals surface area contributed by atoms with Gasteiger partial charge in [0.2, 0.25) is 6.79 Å². The van der Waals surface area contributed by atoms with E-state index in [0.717, 1.165) is 0 Å². The van der Waals surface area contributed by atoms with E-state index in [1.807, 2.05) is 0 Å². The summed E-state index contributed by atoms with van der Waals surface area (Å²) in [5.74, 6) is 0.910. The number of carbonyl (C=O) groups excluding carboxylic acids is 3. The molecule has 2 aliphatic rings. The maximum atomic E-state index is 12.8.